The topological polar surface area (TPSA) is 137 Å². The third kappa shape index (κ3) is 3.10. The van der Waals surface area contributed by atoms with Gasteiger partial charge in [0.05, 0.1) is 25.3 Å². The van der Waals surface area contributed by atoms with Gasteiger partial charge in [0, 0.05) is 0 Å². The average Bonchev–Trinajstić information content (AvgIpc) is 2.81. The van der Waals surface area contributed by atoms with E-state index in [1.807, 2.05) is 0 Å². The van der Waals surface area contributed by atoms with Gasteiger partial charge in [0.2, 0.25) is 0 Å². The van der Waals surface area contributed by atoms with E-state index < -0.39 is 19.8 Å². The average molecular weight is 305 g/mol. The summed E-state index contributed by atoms with van der Waals surface area (Å²) >= 11 is 0. The lowest BCUT2D eigenvalue weighted by molar-refractivity contribution is -0.0463. The number of imidazole rings is 1. The predicted molar refractivity (Wildman–Crippen MR) is 65.2 cm³/mol. The zero-order valence-electron chi connectivity index (χ0n) is 10.4. The maximum Gasteiger partial charge on any atom is 0.386 e. The largest absolute Gasteiger partial charge is 0.386 e. The number of fused-ring (bicyclic) bond motifs is 1. The summed E-state index contributed by atoms with van der Waals surface area (Å²) in [4.78, 5) is 27.8. The van der Waals surface area contributed by atoms with Gasteiger partial charge in [0.15, 0.2) is 11.1 Å². The van der Waals surface area contributed by atoms with Crippen molar-refractivity contribution in [1.29, 1.82) is 5.41 Å². The zero-order chi connectivity index (χ0) is 14.9. The summed E-state index contributed by atoms with van der Waals surface area (Å²) in [5.74, 6) is 0. The molecule has 20 heavy (non-hydrogen) atoms. The normalized spacial score (nSPS) is 15.4. The van der Waals surface area contributed by atoms with Gasteiger partial charge in [0.1, 0.15) is 5.52 Å². The van der Waals surface area contributed by atoms with E-state index in [2.05, 4.69) is 19.7 Å². The van der Waals surface area contributed by atoms with Crippen LogP contribution in [0.4, 0.5) is 4.39 Å². The Balaban J connectivity index is 2.16. The van der Waals surface area contributed by atoms with Gasteiger partial charge >= 0.3 is 13.7 Å². The third-order valence-corrected chi connectivity index (χ3v) is 3.17. The highest BCUT2D eigenvalue weighted by molar-refractivity contribution is 7.52. The Labute approximate surface area is 112 Å². The fraction of sp³-hybridized carbons (Fsp3) is 0.444. The van der Waals surface area contributed by atoms with Crippen molar-refractivity contribution in [2.24, 2.45) is 0 Å². The van der Waals surface area contributed by atoms with Gasteiger partial charge in [-0.05, 0) is 6.92 Å². The van der Waals surface area contributed by atoms with Crippen molar-refractivity contribution < 1.29 is 23.5 Å². The Kier molecular flexibility index (Phi) is 4.00. The minimum absolute atomic E-state index is 0.0147. The summed E-state index contributed by atoms with van der Waals surface area (Å²) in [7, 11) is -4.92. The second-order valence-corrected chi connectivity index (χ2v) is 5.76. The summed E-state index contributed by atoms with van der Waals surface area (Å²) in [6.45, 7) is 1.54. The van der Waals surface area contributed by atoms with Crippen LogP contribution in [0.5, 0.6) is 0 Å². The first kappa shape index (κ1) is 14.8. The molecule has 0 spiro atoms. The van der Waals surface area contributed by atoms with Crippen LogP contribution in [-0.4, -0.2) is 41.5 Å². The molecule has 0 aliphatic heterocycles. The van der Waals surface area contributed by atoms with Gasteiger partial charge in [-0.2, -0.15) is 0 Å². The summed E-state index contributed by atoms with van der Waals surface area (Å²) in [6.07, 6.45) is -0.770. The molecular weight excluding hydrogens is 292 g/mol. The quantitative estimate of drug-likeness (QED) is 0.577. The standard InChI is InChI=1S/C9H13FN5O4P/c1-5(19-9(10)20(16,17)18)2-15-4-14-7(11)6-8(15)13-3-12-6/h3-5,9,11H,2H2,1H3,(H,12,13)(H2,16,17,18)/t5?,9-/m1/s1. The van der Waals surface area contributed by atoms with E-state index in [0.29, 0.717) is 11.2 Å². The molecule has 11 heteroatoms. The number of H-pyrrole nitrogens is 1. The number of aromatic nitrogens is 4. The molecule has 0 aliphatic rings. The fourth-order valence-electron chi connectivity index (χ4n) is 1.65. The molecule has 1 unspecified atom stereocenters. The van der Waals surface area contributed by atoms with Gasteiger partial charge in [-0.1, -0.05) is 0 Å². The number of hydrogen-bond acceptors (Lipinski definition) is 5. The second-order valence-electron chi connectivity index (χ2n) is 4.17. The lowest BCUT2D eigenvalue weighted by Crippen LogP contribution is -2.23. The van der Waals surface area contributed by atoms with Crippen LogP contribution in [-0.2, 0) is 15.8 Å². The van der Waals surface area contributed by atoms with E-state index in [4.69, 9.17) is 15.2 Å². The molecule has 0 aliphatic carbocycles. The van der Waals surface area contributed by atoms with Crippen LogP contribution in [0.2, 0.25) is 0 Å². The van der Waals surface area contributed by atoms with E-state index >= 15 is 0 Å². The summed E-state index contributed by atoms with van der Waals surface area (Å²) in [6, 6.07) is 0. The van der Waals surface area contributed by atoms with E-state index in [9.17, 15) is 8.96 Å². The van der Waals surface area contributed by atoms with E-state index in [-0.39, 0.29) is 12.0 Å². The van der Waals surface area contributed by atoms with Crippen LogP contribution < -0.4 is 5.49 Å². The van der Waals surface area contributed by atoms with E-state index in [1.54, 1.807) is 0 Å². The highest BCUT2D eigenvalue weighted by atomic mass is 31.2. The number of alkyl halides is 1. The number of nitrogens with zero attached hydrogens (tertiary/aromatic N) is 3. The Morgan fingerprint density at radius 2 is 2.30 bits per heavy atom. The van der Waals surface area contributed by atoms with Crippen molar-refractivity contribution in [2.75, 3.05) is 0 Å². The molecule has 9 nitrogen and oxygen atoms in total. The number of nitrogens with one attached hydrogen (secondary N) is 2. The van der Waals surface area contributed by atoms with Crippen LogP contribution in [0.25, 0.3) is 11.2 Å². The van der Waals surface area contributed by atoms with E-state index in [0.717, 1.165) is 0 Å². The first-order valence-corrected chi connectivity index (χ1v) is 7.25. The molecule has 110 valence electrons. The number of halogens is 1. The molecule has 0 saturated carbocycles. The van der Waals surface area contributed by atoms with Crippen molar-refractivity contribution in [3.63, 3.8) is 0 Å². The van der Waals surface area contributed by atoms with Gasteiger partial charge in [-0.3, -0.25) is 9.97 Å². The molecule has 2 rings (SSSR count). The molecule has 2 atom stereocenters. The van der Waals surface area contributed by atoms with Gasteiger partial charge < -0.3 is 24.1 Å². The van der Waals surface area contributed by atoms with Crippen LogP contribution in [0.3, 0.4) is 0 Å². The summed E-state index contributed by atoms with van der Waals surface area (Å²) in [5, 5.41) is 7.56. The zero-order valence-corrected chi connectivity index (χ0v) is 11.3. The Morgan fingerprint density at radius 1 is 1.60 bits per heavy atom. The van der Waals surface area contributed by atoms with Crippen molar-refractivity contribution in [1.82, 2.24) is 19.5 Å². The molecule has 0 amide bonds. The highest BCUT2D eigenvalue weighted by Crippen LogP contribution is 2.43. The smallest absolute Gasteiger partial charge is 0.340 e. The monoisotopic (exact) mass is 305 g/mol. The van der Waals surface area contributed by atoms with Crippen LogP contribution >= 0.6 is 7.60 Å². The van der Waals surface area contributed by atoms with Crippen molar-refractivity contribution >= 4 is 18.8 Å². The first-order valence-electron chi connectivity index (χ1n) is 5.57. The number of rotatable bonds is 5. The van der Waals surface area contributed by atoms with Crippen LogP contribution in [0.15, 0.2) is 12.7 Å². The summed E-state index contributed by atoms with van der Waals surface area (Å²) in [5.41, 5.74) is 0.847. The van der Waals surface area contributed by atoms with E-state index in [1.165, 1.54) is 24.1 Å². The maximum atomic E-state index is 13.1. The lowest BCUT2D eigenvalue weighted by Gasteiger charge is -2.18. The van der Waals surface area contributed by atoms with Crippen molar-refractivity contribution in [3.8, 4) is 0 Å². The number of hydrogen-bond donors (Lipinski definition) is 4. The Morgan fingerprint density at radius 3 is 2.95 bits per heavy atom. The lowest BCUT2D eigenvalue weighted by atomic mass is 10.4. The molecule has 2 aromatic heterocycles. The molecule has 2 aromatic rings. The predicted octanol–water partition coefficient (Wildman–Crippen LogP) is 0.0748. The van der Waals surface area contributed by atoms with Gasteiger partial charge in [-0.25, -0.2) is 14.4 Å². The molecule has 2 heterocycles. The number of aromatic amines is 1. The van der Waals surface area contributed by atoms with Crippen molar-refractivity contribution in [3.05, 3.63) is 18.1 Å². The van der Waals surface area contributed by atoms with Gasteiger partial charge in [0.25, 0.3) is 0 Å². The molecule has 4 N–H and O–H groups in total. The first-order chi connectivity index (χ1) is 9.29. The molecule has 0 saturated heterocycles. The Bertz CT molecular complexity index is 710. The summed E-state index contributed by atoms with van der Waals surface area (Å²) < 4.78 is 29.9. The van der Waals surface area contributed by atoms with Crippen LogP contribution in [0.1, 0.15) is 6.92 Å². The molecule has 0 aromatic carbocycles. The molecular formula is C9H13FN5O4P. The minimum atomic E-state index is -4.92. The maximum absolute atomic E-state index is 13.1. The van der Waals surface area contributed by atoms with Crippen LogP contribution in [0, 0.1) is 5.41 Å². The third-order valence-electron chi connectivity index (χ3n) is 2.52. The number of ether oxygens (including phenoxy) is 1. The second kappa shape index (κ2) is 5.41. The molecule has 0 bridgehead atoms. The highest BCUT2D eigenvalue weighted by Gasteiger charge is 2.31. The SMILES string of the molecule is CC(Cn1cnc(=N)c2[nH]cnc21)O[C@@H](F)P(=O)(O)O. The minimum Gasteiger partial charge on any atom is -0.340 e. The Hall–Kier alpha value is -1.61. The molecule has 0 fully saturated rings. The van der Waals surface area contributed by atoms with Gasteiger partial charge in [-0.15, -0.1) is 0 Å². The van der Waals surface area contributed by atoms with Crippen molar-refractivity contribution in [2.45, 2.75) is 25.7 Å². The fourth-order valence-corrected chi connectivity index (χ4v) is 2.02. The molecule has 0 radical (unpaired) electrons.